The Morgan fingerprint density at radius 3 is 2.41 bits per heavy atom. The van der Waals surface area contributed by atoms with E-state index >= 15 is 0 Å². The fraction of sp³-hybridized carbons (Fsp3) is 0.379. The summed E-state index contributed by atoms with van der Waals surface area (Å²) >= 11 is 0. The van der Waals surface area contributed by atoms with Crippen LogP contribution in [0.15, 0.2) is 53.8 Å². The number of fused-ring (bicyclic) bond motifs is 1. The minimum Gasteiger partial charge on any atom is -0.465 e. The number of aromatic nitrogens is 4. The van der Waals surface area contributed by atoms with E-state index in [1.54, 1.807) is 37.5 Å². The van der Waals surface area contributed by atoms with E-state index in [-0.39, 0.29) is 17.0 Å². The molecule has 4 aromatic rings. The number of carbonyl (C=O) groups is 1. The lowest BCUT2D eigenvalue weighted by Crippen LogP contribution is -2.39. The largest absolute Gasteiger partial charge is 0.465 e. The molecule has 216 valence electrons. The van der Waals surface area contributed by atoms with Gasteiger partial charge in [0.2, 0.25) is 0 Å². The van der Waals surface area contributed by atoms with Crippen molar-refractivity contribution in [1.82, 2.24) is 24.2 Å². The van der Waals surface area contributed by atoms with Crippen molar-refractivity contribution < 1.29 is 18.3 Å². The van der Waals surface area contributed by atoms with Crippen LogP contribution in [0, 0.1) is 6.92 Å². The van der Waals surface area contributed by atoms with Crippen LogP contribution in [-0.2, 0) is 16.4 Å². The molecule has 1 fully saturated rings. The topological polar surface area (TPSA) is 151 Å². The van der Waals surface area contributed by atoms with E-state index in [0.29, 0.717) is 47.5 Å². The molecule has 41 heavy (non-hydrogen) atoms. The second-order valence-electron chi connectivity index (χ2n) is 10.4. The van der Waals surface area contributed by atoms with Gasteiger partial charge in [-0.2, -0.15) is 0 Å². The number of anilines is 2. The van der Waals surface area contributed by atoms with Gasteiger partial charge >= 0.3 is 6.09 Å². The number of aryl methyl sites for hydroxylation is 2. The number of pyridine rings is 1. The number of nitrogens with zero attached hydrogens (tertiary/aromatic N) is 4. The molecule has 1 aliphatic rings. The number of amides is 1. The zero-order valence-corrected chi connectivity index (χ0v) is 24.2. The Morgan fingerprint density at radius 1 is 1.05 bits per heavy atom. The Morgan fingerprint density at radius 2 is 1.76 bits per heavy atom. The minimum absolute atomic E-state index is 0.0588. The van der Waals surface area contributed by atoms with Crippen molar-refractivity contribution in [3.05, 3.63) is 60.2 Å². The van der Waals surface area contributed by atoms with Crippen LogP contribution >= 0.6 is 0 Å². The second-order valence-corrected chi connectivity index (χ2v) is 12.2. The molecule has 1 aromatic carbocycles. The molecule has 0 spiro atoms. The molecule has 0 atom stereocenters. The lowest BCUT2D eigenvalue weighted by Gasteiger charge is -2.30. The first-order valence-electron chi connectivity index (χ1n) is 13.8. The first kappa shape index (κ1) is 28.3. The molecular weight excluding hydrogens is 542 g/mol. The molecule has 3 heterocycles. The third-order valence-corrected chi connectivity index (χ3v) is 9.28. The Bertz CT molecular complexity index is 1660. The van der Waals surface area contributed by atoms with Crippen molar-refractivity contribution in [3.8, 4) is 11.3 Å². The van der Waals surface area contributed by atoms with Gasteiger partial charge in [-0.1, -0.05) is 31.0 Å². The summed E-state index contributed by atoms with van der Waals surface area (Å²) in [4.78, 5) is 24.8. The summed E-state index contributed by atoms with van der Waals surface area (Å²) < 4.78 is 29.4. The standard InChI is InChI=1S/C29H35N7O4S/c1-4-5-21-14-23-27(34-19-8-10-20(11-9-19)35-29(37)38)24(25-15-26(30-3)33-17-32-25)16-31-28(23)36(21)41(39,40)22-12-6-18(2)7-13-22/h6-7,12-17,19-20,35H,4-5,8-11H2,1-3H3,(H,31,34)(H,37,38)(H,30,32,33). The van der Waals surface area contributed by atoms with E-state index in [9.17, 15) is 13.2 Å². The molecule has 0 aliphatic heterocycles. The monoisotopic (exact) mass is 577 g/mol. The van der Waals surface area contributed by atoms with Crippen LogP contribution in [-0.4, -0.2) is 57.7 Å². The average Bonchev–Trinajstić information content (AvgIpc) is 3.34. The van der Waals surface area contributed by atoms with Gasteiger partial charge in [0.25, 0.3) is 10.0 Å². The van der Waals surface area contributed by atoms with Gasteiger partial charge in [-0.3, -0.25) is 0 Å². The first-order valence-corrected chi connectivity index (χ1v) is 15.3. The maximum atomic E-state index is 14.0. The third-order valence-electron chi connectivity index (χ3n) is 7.53. The van der Waals surface area contributed by atoms with E-state index in [0.717, 1.165) is 36.1 Å². The number of benzene rings is 1. The summed E-state index contributed by atoms with van der Waals surface area (Å²) in [5.74, 6) is 0.646. The van der Waals surface area contributed by atoms with Gasteiger partial charge in [0, 0.05) is 48.0 Å². The molecule has 11 nitrogen and oxygen atoms in total. The van der Waals surface area contributed by atoms with Gasteiger partial charge in [0.15, 0.2) is 5.65 Å². The van der Waals surface area contributed by atoms with Gasteiger partial charge in [0.05, 0.1) is 16.3 Å². The van der Waals surface area contributed by atoms with Crippen LogP contribution in [0.5, 0.6) is 0 Å². The van der Waals surface area contributed by atoms with Crippen molar-refractivity contribution in [3.63, 3.8) is 0 Å². The number of nitrogens with one attached hydrogen (secondary N) is 3. The van der Waals surface area contributed by atoms with Gasteiger partial charge in [-0.15, -0.1) is 0 Å². The van der Waals surface area contributed by atoms with Crippen molar-refractivity contribution in [1.29, 1.82) is 0 Å². The van der Waals surface area contributed by atoms with Crippen LogP contribution in [0.25, 0.3) is 22.3 Å². The molecule has 0 bridgehead atoms. The summed E-state index contributed by atoms with van der Waals surface area (Å²) in [7, 11) is -2.14. The van der Waals surface area contributed by atoms with Gasteiger partial charge in [-0.05, 0) is 57.2 Å². The number of hydrogen-bond donors (Lipinski definition) is 4. The Balaban J connectivity index is 1.65. The molecule has 12 heteroatoms. The first-order chi connectivity index (χ1) is 19.7. The van der Waals surface area contributed by atoms with Crippen LogP contribution < -0.4 is 16.0 Å². The normalized spacial score (nSPS) is 17.3. The fourth-order valence-corrected chi connectivity index (χ4v) is 6.96. The predicted molar refractivity (Wildman–Crippen MR) is 159 cm³/mol. The maximum absolute atomic E-state index is 14.0. The maximum Gasteiger partial charge on any atom is 0.404 e. The van der Waals surface area contributed by atoms with Crippen molar-refractivity contribution in [2.45, 2.75) is 69.4 Å². The molecule has 1 amide bonds. The van der Waals surface area contributed by atoms with Crippen molar-refractivity contribution in [2.75, 3.05) is 17.7 Å². The molecule has 0 radical (unpaired) electrons. The summed E-state index contributed by atoms with van der Waals surface area (Å²) in [5, 5.41) is 19.1. The fourth-order valence-electron chi connectivity index (χ4n) is 5.44. The van der Waals surface area contributed by atoms with E-state index < -0.39 is 16.1 Å². The number of carboxylic acid groups (broad SMARTS) is 1. The molecule has 3 aromatic heterocycles. The smallest absolute Gasteiger partial charge is 0.404 e. The van der Waals surface area contributed by atoms with Crippen LogP contribution in [0.2, 0.25) is 0 Å². The van der Waals surface area contributed by atoms with Gasteiger partial charge < -0.3 is 21.1 Å². The van der Waals surface area contributed by atoms with E-state index in [1.807, 2.05) is 26.0 Å². The predicted octanol–water partition coefficient (Wildman–Crippen LogP) is 5.02. The molecule has 5 rings (SSSR count). The summed E-state index contributed by atoms with van der Waals surface area (Å²) in [6.07, 6.45) is 6.36. The molecule has 4 N–H and O–H groups in total. The van der Waals surface area contributed by atoms with E-state index in [2.05, 4.69) is 25.9 Å². The zero-order chi connectivity index (χ0) is 29.1. The van der Waals surface area contributed by atoms with Crippen molar-refractivity contribution in [2.24, 2.45) is 0 Å². The Kier molecular flexibility index (Phi) is 8.11. The minimum atomic E-state index is -3.92. The highest BCUT2D eigenvalue weighted by Gasteiger charge is 2.28. The zero-order valence-electron chi connectivity index (χ0n) is 23.4. The highest BCUT2D eigenvalue weighted by atomic mass is 32.2. The lowest BCUT2D eigenvalue weighted by atomic mass is 9.90. The van der Waals surface area contributed by atoms with Crippen molar-refractivity contribution >= 4 is 38.7 Å². The molecule has 0 saturated heterocycles. The Labute approximate surface area is 239 Å². The highest BCUT2D eigenvalue weighted by Crippen LogP contribution is 2.38. The van der Waals surface area contributed by atoms with Crippen LogP contribution in [0.1, 0.15) is 50.3 Å². The second kappa shape index (κ2) is 11.7. The quantitative estimate of drug-likeness (QED) is 0.215. The summed E-state index contributed by atoms with van der Waals surface area (Å²) in [5.41, 5.74) is 4.11. The highest BCUT2D eigenvalue weighted by molar-refractivity contribution is 7.90. The molecule has 1 saturated carbocycles. The Hall–Kier alpha value is -4.19. The average molecular weight is 578 g/mol. The summed E-state index contributed by atoms with van der Waals surface area (Å²) in [6.45, 7) is 3.94. The lowest BCUT2D eigenvalue weighted by molar-refractivity contribution is 0.185. The molecule has 1 aliphatic carbocycles. The summed E-state index contributed by atoms with van der Waals surface area (Å²) in [6, 6.07) is 10.6. The van der Waals surface area contributed by atoms with Crippen LogP contribution in [0.3, 0.4) is 0 Å². The molecule has 0 unspecified atom stereocenters. The molecular formula is C29H35N7O4S. The third kappa shape index (κ3) is 5.83. The number of hydrogen-bond acceptors (Lipinski definition) is 8. The van der Waals surface area contributed by atoms with Crippen LogP contribution in [0.4, 0.5) is 16.3 Å². The number of rotatable bonds is 9. The van der Waals surface area contributed by atoms with E-state index in [1.165, 1.54) is 10.3 Å². The van der Waals surface area contributed by atoms with Gasteiger partial charge in [-0.25, -0.2) is 32.1 Å². The SMILES string of the molecule is CCCc1cc2c(NC3CCC(NC(=O)O)CC3)c(-c3cc(NC)ncn3)cnc2n1S(=O)(=O)c1ccc(C)cc1. The van der Waals surface area contributed by atoms with E-state index in [4.69, 9.17) is 10.1 Å². The van der Waals surface area contributed by atoms with Gasteiger partial charge in [0.1, 0.15) is 12.1 Å².